The summed E-state index contributed by atoms with van der Waals surface area (Å²) in [5.74, 6) is 1.27. The number of rotatable bonds is 3. The molecule has 1 amide bonds. The second-order valence-corrected chi connectivity index (χ2v) is 6.23. The number of halogens is 2. The SMILES string of the molecule is COc1cc(Br)c([C@H]2NC(=O)OCC2(C)C)cc1OC.Cl. The van der Waals surface area contributed by atoms with Gasteiger partial charge >= 0.3 is 6.09 Å². The first kappa shape index (κ1) is 17.9. The average Bonchev–Trinajstić information content (AvgIpc) is 2.41. The molecule has 1 atom stereocenters. The van der Waals surface area contributed by atoms with Crippen LogP contribution in [0.15, 0.2) is 16.6 Å². The lowest BCUT2D eigenvalue weighted by Gasteiger charge is -2.39. The van der Waals surface area contributed by atoms with Crippen molar-refractivity contribution in [1.29, 1.82) is 0 Å². The van der Waals surface area contributed by atoms with Gasteiger partial charge in [0.1, 0.15) is 6.61 Å². The van der Waals surface area contributed by atoms with Crippen LogP contribution < -0.4 is 14.8 Å². The van der Waals surface area contributed by atoms with Crippen molar-refractivity contribution in [2.75, 3.05) is 20.8 Å². The van der Waals surface area contributed by atoms with Crippen LogP contribution in [-0.2, 0) is 4.74 Å². The van der Waals surface area contributed by atoms with Gasteiger partial charge in [-0.25, -0.2) is 4.79 Å². The predicted octanol–water partition coefficient (Wildman–Crippen LogP) is 3.70. The first-order chi connectivity index (χ1) is 9.39. The van der Waals surface area contributed by atoms with Crippen LogP contribution >= 0.6 is 28.3 Å². The van der Waals surface area contributed by atoms with Crippen LogP contribution in [0, 0.1) is 5.41 Å². The van der Waals surface area contributed by atoms with Gasteiger partial charge in [0.05, 0.1) is 20.3 Å². The molecular formula is C14H19BrClNO4. The van der Waals surface area contributed by atoms with E-state index in [4.69, 9.17) is 14.2 Å². The summed E-state index contributed by atoms with van der Waals surface area (Å²) in [4.78, 5) is 11.5. The molecule has 0 radical (unpaired) electrons. The molecule has 2 rings (SSSR count). The zero-order valence-electron chi connectivity index (χ0n) is 12.4. The second kappa shape index (κ2) is 6.75. The topological polar surface area (TPSA) is 56.8 Å². The van der Waals surface area contributed by atoms with E-state index in [1.54, 1.807) is 14.2 Å². The highest BCUT2D eigenvalue weighted by Crippen LogP contribution is 2.43. The van der Waals surface area contributed by atoms with Crippen molar-refractivity contribution < 1.29 is 19.0 Å². The standard InChI is InChI=1S/C14H18BrNO4.ClH/c1-14(2)7-20-13(17)16-12(14)8-5-10(18-3)11(19-4)6-9(8)15;/h5-6,12H,7H2,1-4H3,(H,16,17);1H/t12-;/m1./s1. The minimum Gasteiger partial charge on any atom is -0.493 e. The largest absolute Gasteiger partial charge is 0.493 e. The number of ether oxygens (including phenoxy) is 3. The van der Waals surface area contributed by atoms with Crippen molar-refractivity contribution in [2.45, 2.75) is 19.9 Å². The lowest BCUT2D eigenvalue weighted by molar-refractivity contribution is 0.0385. The molecule has 0 spiro atoms. The summed E-state index contributed by atoms with van der Waals surface area (Å²) in [7, 11) is 3.17. The number of amides is 1. The Bertz CT molecular complexity index is 536. The van der Waals surface area contributed by atoms with Crippen molar-refractivity contribution in [3.8, 4) is 11.5 Å². The van der Waals surface area contributed by atoms with E-state index in [-0.39, 0.29) is 23.9 Å². The van der Waals surface area contributed by atoms with Crippen LogP contribution in [0.4, 0.5) is 4.79 Å². The number of methoxy groups -OCH3 is 2. The third-order valence-corrected chi connectivity index (χ3v) is 4.12. The Balaban J connectivity index is 0.00000220. The monoisotopic (exact) mass is 379 g/mol. The molecule has 1 aliphatic heterocycles. The van der Waals surface area contributed by atoms with Gasteiger partial charge in [-0.15, -0.1) is 12.4 Å². The Hall–Kier alpha value is -1.14. The Labute approximate surface area is 138 Å². The maximum absolute atomic E-state index is 11.5. The van der Waals surface area contributed by atoms with Crippen molar-refractivity contribution in [1.82, 2.24) is 5.32 Å². The highest BCUT2D eigenvalue weighted by molar-refractivity contribution is 9.10. The number of cyclic esters (lactones) is 1. The van der Waals surface area contributed by atoms with Crippen LogP contribution in [-0.4, -0.2) is 26.9 Å². The summed E-state index contributed by atoms with van der Waals surface area (Å²) in [5, 5.41) is 2.87. The molecule has 0 aliphatic carbocycles. The lowest BCUT2D eigenvalue weighted by Crippen LogP contribution is -2.47. The van der Waals surface area contributed by atoms with Gasteiger partial charge in [0.25, 0.3) is 0 Å². The van der Waals surface area contributed by atoms with Gasteiger partial charge in [0.15, 0.2) is 11.5 Å². The molecule has 0 aromatic heterocycles. The normalized spacial score (nSPS) is 19.9. The van der Waals surface area contributed by atoms with Crippen LogP contribution in [0.3, 0.4) is 0 Å². The van der Waals surface area contributed by atoms with Crippen LogP contribution in [0.25, 0.3) is 0 Å². The van der Waals surface area contributed by atoms with E-state index in [1.807, 2.05) is 26.0 Å². The molecule has 1 aliphatic rings. The van der Waals surface area contributed by atoms with Gasteiger partial charge in [0.2, 0.25) is 0 Å². The van der Waals surface area contributed by atoms with Crippen LogP contribution in [0.5, 0.6) is 11.5 Å². The molecule has 118 valence electrons. The quantitative estimate of drug-likeness (QED) is 0.869. The summed E-state index contributed by atoms with van der Waals surface area (Å²) in [6.45, 7) is 4.45. The molecule has 7 heteroatoms. The number of carbonyl (C=O) groups is 1. The van der Waals surface area contributed by atoms with Gasteiger partial charge in [-0.2, -0.15) is 0 Å². The molecular weight excluding hydrogens is 362 g/mol. The minimum atomic E-state index is -0.406. The first-order valence-corrected chi connectivity index (χ1v) is 7.03. The smallest absolute Gasteiger partial charge is 0.407 e. The molecule has 1 saturated heterocycles. The third kappa shape index (κ3) is 3.55. The first-order valence-electron chi connectivity index (χ1n) is 6.23. The predicted molar refractivity (Wildman–Crippen MR) is 85.5 cm³/mol. The van der Waals surface area contributed by atoms with E-state index in [0.717, 1.165) is 10.0 Å². The zero-order valence-corrected chi connectivity index (χ0v) is 14.8. The maximum Gasteiger partial charge on any atom is 0.407 e. The fourth-order valence-electron chi connectivity index (χ4n) is 2.28. The Morgan fingerprint density at radius 2 is 1.86 bits per heavy atom. The van der Waals surface area contributed by atoms with Crippen molar-refractivity contribution in [3.63, 3.8) is 0 Å². The molecule has 1 fully saturated rings. The zero-order chi connectivity index (χ0) is 14.9. The number of nitrogens with one attached hydrogen (secondary N) is 1. The maximum atomic E-state index is 11.5. The summed E-state index contributed by atoms with van der Waals surface area (Å²) < 4.78 is 16.5. The van der Waals surface area contributed by atoms with E-state index in [1.165, 1.54) is 0 Å². The molecule has 0 unspecified atom stereocenters. The van der Waals surface area contributed by atoms with Crippen LogP contribution in [0.1, 0.15) is 25.5 Å². The molecule has 21 heavy (non-hydrogen) atoms. The van der Waals surface area contributed by atoms with Gasteiger partial charge in [-0.05, 0) is 17.7 Å². The molecule has 5 nitrogen and oxygen atoms in total. The van der Waals surface area contributed by atoms with E-state index in [9.17, 15) is 4.79 Å². The summed E-state index contributed by atoms with van der Waals surface area (Å²) >= 11 is 3.53. The number of hydrogen-bond acceptors (Lipinski definition) is 4. The number of alkyl carbamates (subject to hydrolysis) is 1. The van der Waals surface area contributed by atoms with Gasteiger partial charge in [-0.3, -0.25) is 0 Å². The van der Waals surface area contributed by atoms with Gasteiger partial charge < -0.3 is 19.5 Å². The Morgan fingerprint density at radius 3 is 2.43 bits per heavy atom. The Morgan fingerprint density at radius 1 is 1.29 bits per heavy atom. The summed E-state index contributed by atoms with van der Waals surface area (Å²) in [6, 6.07) is 3.55. The highest BCUT2D eigenvalue weighted by atomic mass is 79.9. The van der Waals surface area contributed by atoms with Crippen molar-refractivity contribution in [2.24, 2.45) is 5.41 Å². The molecule has 1 heterocycles. The van der Waals surface area contributed by atoms with E-state index in [0.29, 0.717) is 18.1 Å². The fraction of sp³-hybridized carbons (Fsp3) is 0.500. The van der Waals surface area contributed by atoms with Crippen molar-refractivity contribution in [3.05, 3.63) is 22.2 Å². The molecule has 0 bridgehead atoms. The summed E-state index contributed by atoms with van der Waals surface area (Å²) in [5.41, 5.74) is 0.708. The second-order valence-electron chi connectivity index (χ2n) is 5.37. The number of benzene rings is 1. The van der Waals surface area contributed by atoms with Crippen molar-refractivity contribution >= 4 is 34.4 Å². The molecule has 0 saturated carbocycles. The fourth-order valence-corrected chi connectivity index (χ4v) is 2.83. The minimum absolute atomic E-state index is 0. The van der Waals surface area contributed by atoms with E-state index < -0.39 is 6.09 Å². The molecule has 1 aromatic carbocycles. The van der Waals surface area contributed by atoms with Gasteiger partial charge in [-0.1, -0.05) is 29.8 Å². The van der Waals surface area contributed by atoms with E-state index >= 15 is 0 Å². The third-order valence-electron chi connectivity index (χ3n) is 3.43. The molecule has 1 aromatic rings. The van der Waals surface area contributed by atoms with Crippen LogP contribution in [0.2, 0.25) is 0 Å². The average molecular weight is 381 g/mol. The molecule has 1 N–H and O–H groups in total. The summed E-state index contributed by atoms with van der Waals surface area (Å²) in [6.07, 6.45) is -0.406. The number of hydrogen-bond donors (Lipinski definition) is 1. The Kier molecular flexibility index (Phi) is 5.75. The lowest BCUT2D eigenvalue weighted by atomic mass is 9.80. The van der Waals surface area contributed by atoms with E-state index in [2.05, 4.69) is 21.2 Å². The highest BCUT2D eigenvalue weighted by Gasteiger charge is 2.39. The number of carbonyl (C=O) groups excluding carboxylic acids is 1. The van der Waals surface area contributed by atoms with Gasteiger partial charge in [0, 0.05) is 9.89 Å².